The summed E-state index contributed by atoms with van der Waals surface area (Å²) in [5.41, 5.74) is 8.07. The molecular weight excluding hydrogens is 280 g/mol. The first-order chi connectivity index (χ1) is 8.24. The maximum Gasteiger partial charge on any atom is 0.0908 e. The SMILES string of the molecule is CCCn1ncc(Br)c1C(N)c1ccccn1. The van der Waals surface area contributed by atoms with Crippen LogP contribution in [-0.4, -0.2) is 14.8 Å². The second kappa shape index (κ2) is 5.42. The van der Waals surface area contributed by atoms with Gasteiger partial charge in [-0.2, -0.15) is 5.10 Å². The lowest BCUT2D eigenvalue weighted by Crippen LogP contribution is -2.19. The number of pyridine rings is 1. The van der Waals surface area contributed by atoms with Gasteiger partial charge in [0, 0.05) is 12.7 Å². The number of hydrogen-bond donors (Lipinski definition) is 1. The largest absolute Gasteiger partial charge is 0.318 e. The van der Waals surface area contributed by atoms with E-state index in [0.29, 0.717) is 0 Å². The van der Waals surface area contributed by atoms with Gasteiger partial charge < -0.3 is 5.73 Å². The Morgan fingerprint density at radius 3 is 2.94 bits per heavy atom. The van der Waals surface area contributed by atoms with Crippen molar-refractivity contribution >= 4 is 15.9 Å². The number of aromatic nitrogens is 3. The van der Waals surface area contributed by atoms with E-state index in [9.17, 15) is 0 Å². The third-order valence-corrected chi connectivity index (χ3v) is 3.18. The van der Waals surface area contributed by atoms with Gasteiger partial charge in [-0.05, 0) is 34.5 Å². The lowest BCUT2D eigenvalue weighted by molar-refractivity contribution is 0.556. The molecule has 0 aliphatic rings. The molecular formula is C12H15BrN4. The fourth-order valence-electron chi connectivity index (χ4n) is 1.77. The third-order valence-electron chi connectivity index (χ3n) is 2.57. The van der Waals surface area contributed by atoms with Crippen molar-refractivity contribution in [2.75, 3.05) is 0 Å². The topological polar surface area (TPSA) is 56.7 Å². The molecule has 1 atom stereocenters. The lowest BCUT2D eigenvalue weighted by Gasteiger charge is -2.14. The van der Waals surface area contributed by atoms with E-state index in [2.05, 4.69) is 32.9 Å². The molecule has 5 heteroatoms. The predicted molar refractivity (Wildman–Crippen MR) is 70.5 cm³/mol. The van der Waals surface area contributed by atoms with Crippen molar-refractivity contribution in [2.45, 2.75) is 25.9 Å². The molecule has 0 spiro atoms. The van der Waals surface area contributed by atoms with Crippen LogP contribution in [0, 0.1) is 0 Å². The summed E-state index contributed by atoms with van der Waals surface area (Å²) in [7, 11) is 0. The molecule has 0 radical (unpaired) electrons. The van der Waals surface area contributed by atoms with Gasteiger partial charge in [-0.3, -0.25) is 9.67 Å². The van der Waals surface area contributed by atoms with Crippen molar-refractivity contribution in [3.63, 3.8) is 0 Å². The van der Waals surface area contributed by atoms with Gasteiger partial charge in [-0.25, -0.2) is 0 Å². The molecule has 0 amide bonds. The van der Waals surface area contributed by atoms with Crippen LogP contribution in [0.15, 0.2) is 35.1 Å². The Morgan fingerprint density at radius 2 is 2.29 bits per heavy atom. The molecule has 0 bridgehead atoms. The third kappa shape index (κ3) is 2.56. The van der Waals surface area contributed by atoms with Crippen molar-refractivity contribution < 1.29 is 0 Å². The minimum absolute atomic E-state index is 0.250. The first-order valence-electron chi connectivity index (χ1n) is 5.61. The van der Waals surface area contributed by atoms with E-state index >= 15 is 0 Å². The number of aryl methyl sites for hydroxylation is 1. The normalized spacial score (nSPS) is 12.6. The lowest BCUT2D eigenvalue weighted by atomic mass is 10.1. The van der Waals surface area contributed by atoms with E-state index in [1.807, 2.05) is 22.9 Å². The molecule has 2 aromatic heterocycles. The van der Waals surface area contributed by atoms with Gasteiger partial charge in [-0.1, -0.05) is 13.0 Å². The molecule has 2 N–H and O–H groups in total. The van der Waals surface area contributed by atoms with Crippen molar-refractivity contribution in [2.24, 2.45) is 5.73 Å². The number of halogens is 1. The first kappa shape index (κ1) is 12.3. The Balaban J connectivity index is 2.36. The number of rotatable bonds is 4. The van der Waals surface area contributed by atoms with E-state index in [1.54, 1.807) is 12.4 Å². The zero-order chi connectivity index (χ0) is 12.3. The van der Waals surface area contributed by atoms with E-state index in [4.69, 9.17) is 5.73 Å². The summed E-state index contributed by atoms with van der Waals surface area (Å²) >= 11 is 3.49. The molecule has 0 saturated carbocycles. The number of hydrogen-bond acceptors (Lipinski definition) is 3. The average Bonchev–Trinajstić information content (AvgIpc) is 2.71. The zero-order valence-corrected chi connectivity index (χ0v) is 11.3. The van der Waals surface area contributed by atoms with Crippen LogP contribution in [0.1, 0.15) is 30.8 Å². The summed E-state index contributed by atoms with van der Waals surface area (Å²) in [5, 5.41) is 4.31. The molecule has 0 aliphatic carbocycles. The minimum Gasteiger partial charge on any atom is -0.318 e. The monoisotopic (exact) mass is 294 g/mol. The Labute approximate surface area is 109 Å². The van der Waals surface area contributed by atoms with E-state index < -0.39 is 0 Å². The summed E-state index contributed by atoms with van der Waals surface area (Å²) < 4.78 is 2.87. The second-order valence-corrected chi connectivity index (χ2v) is 4.69. The van der Waals surface area contributed by atoms with Gasteiger partial charge in [0.25, 0.3) is 0 Å². The van der Waals surface area contributed by atoms with Crippen LogP contribution in [0.4, 0.5) is 0 Å². The molecule has 2 heterocycles. The number of nitrogens with zero attached hydrogens (tertiary/aromatic N) is 3. The van der Waals surface area contributed by atoms with Crippen LogP contribution in [-0.2, 0) is 6.54 Å². The molecule has 0 aromatic carbocycles. The van der Waals surface area contributed by atoms with Gasteiger partial charge in [-0.15, -0.1) is 0 Å². The average molecular weight is 295 g/mol. The highest BCUT2D eigenvalue weighted by Crippen LogP contribution is 2.25. The van der Waals surface area contributed by atoms with Gasteiger partial charge >= 0.3 is 0 Å². The highest BCUT2D eigenvalue weighted by Gasteiger charge is 2.18. The summed E-state index contributed by atoms with van der Waals surface area (Å²) in [6.45, 7) is 2.98. The Morgan fingerprint density at radius 1 is 1.47 bits per heavy atom. The van der Waals surface area contributed by atoms with Crippen LogP contribution < -0.4 is 5.73 Å². The summed E-state index contributed by atoms with van der Waals surface area (Å²) in [6, 6.07) is 5.51. The summed E-state index contributed by atoms with van der Waals surface area (Å²) in [4.78, 5) is 4.29. The Kier molecular flexibility index (Phi) is 3.91. The van der Waals surface area contributed by atoms with Crippen LogP contribution in [0.5, 0.6) is 0 Å². The Bertz CT molecular complexity index is 481. The summed E-state index contributed by atoms with van der Waals surface area (Å²) in [5.74, 6) is 0. The fourth-order valence-corrected chi connectivity index (χ4v) is 2.31. The van der Waals surface area contributed by atoms with E-state index in [0.717, 1.165) is 28.8 Å². The number of nitrogens with two attached hydrogens (primary N) is 1. The predicted octanol–water partition coefficient (Wildman–Crippen LogP) is 2.50. The smallest absolute Gasteiger partial charge is 0.0908 e. The second-order valence-electron chi connectivity index (χ2n) is 3.83. The van der Waals surface area contributed by atoms with Crippen LogP contribution in [0.2, 0.25) is 0 Å². The molecule has 2 rings (SSSR count). The molecule has 0 aliphatic heterocycles. The highest BCUT2D eigenvalue weighted by molar-refractivity contribution is 9.10. The van der Waals surface area contributed by atoms with Gasteiger partial charge in [0.05, 0.1) is 28.1 Å². The fraction of sp³-hybridized carbons (Fsp3) is 0.333. The Hall–Kier alpha value is -1.20. The first-order valence-corrected chi connectivity index (χ1v) is 6.41. The van der Waals surface area contributed by atoms with E-state index in [-0.39, 0.29) is 6.04 Å². The van der Waals surface area contributed by atoms with Crippen LogP contribution >= 0.6 is 15.9 Å². The summed E-state index contributed by atoms with van der Waals surface area (Å²) in [6.07, 6.45) is 4.56. The van der Waals surface area contributed by atoms with Crippen LogP contribution in [0.25, 0.3) is 0 Å². The molecule has 0 saturated heterocycles. The van der Waals surface area contributed by atoms with Crippen LogP contribution in [0.3, 0.4) is 0 Å². The van der Waals surface area contributed by atoms with Crippen molar-refractivity contribution in [3.05, 3.63) is 46.5 Å². The van der Waals surface area contributed by atoms with Crippen molar-refractivity contribution in [1.29, 1.82) is 0 Å². The maximum atomic E-state index is 6.24. The zero-order valence-electron chi connectivity index (χ0n) is 9.68. The van der Waals surface area contributed by atoms with Crippen molar-refractivity contribution in [3.8, 4) is 0 Å². The highest BCUT2D eigenvalue weighted by atomic mass is 79.9. The molecule has 4 nitrogen and oxygen atoms in total. The van der Waals surface area contributed by atoms with Crippen molar-refractivity contribution in [1.82, 2.24) is 14.8 Å². The molecule has 90 valence electrons. The molecule has 17 heavy (non-hydrogen) atoms. The molecule has 0 fully saturated rings. The molecule has 1 unspecified atom stereocenters. The van der Waals surface area contributed by atoms with Gasteiger partial charge in [0.2, 0.25) is 0 Å². The maximum absolute atomic E-state index is 6.24. The quantitative estimate of drug-likeness (QED) is 0.943. The minimum atomic E-state index is -0.250. The standard InChI is InChI=1S/C12H15BrN4/c1-2-7-17-12(9(13)8-16-17)11(14)10-5-3-4-6-15-10/h3-6,8,11H,2,7,14H2,1H3. The molecule has 2 aromatic rings. The van der Waals surface area contributed by atoms with E-state index in [1.165, 1.54) is 0 Å². The van der Waals surface area contributed by atoms with Gasteiger partial charge in [0.15, 0.2) is 0 Å². The van der Waals surface area contributed by atoms with Gasteiger partial charge in [0.1, 0.15) is 0 Å².